The van der Waals surface area contributed by atoms with Crippen LogP contribution in [0.2, 0.25) is 0 Å². The molecule has 5 nitrogen and oxygen atoms in total. The van der Waals surface area contributed by atoms with Gasteiger partial charge in [-0.2, -0.15) is 0 Å². The molecule has 126 valence electrons. The number of ether oxygens (including phenoxy) is 2. The Labute approximate surface area is 141 Å². The highest BCUT2D eigenvalue weighted by atomic mass is 16.7. The summed E-state index contributed by atoms with van der Waals surface area (Å²) in [5.74, 6) is -1.08. The molecule has 0 spiro atoms. The summed E-state index contributed by atoms with van der Waals surface area (Å²) >= 11 is 0. The Bertz CT molecular complexity index is 597. The first-order valence-electron chi connectivity index (χ1n) is 8.00. The summed E-state index contributed by atoms with van der Waals surface area (Å²) in [5, 5.41) is 8.97. The molecule has 5 heteroatoms. The highest BCUT2D eigenvalue weighted by Gasteiger charge is 2.30. The maximum absolute atomic E-state index is 10.9. The van der Waals surface area contributed by atoms with Gasteiger partial charge in [-0.1, -0.05) is 60.7 Å². The highest BCUT2D eigenvalue weighted by Crippen LogP contribution is 2.18. The SMILES string of the molecule is O=C(O)[C@H]1OC[C@H](N(Cc2ccccc2)Cc2ccccc2)CO1. The molecule has 1 aliphatic rings. The molecular weight excluding hydrogens is 306 g/mol. The first-order valence-corrected chi connectivity index (χ1v) is 8.00. The van der Waals surface area contributed by atoms with Gasteiger partial charge in [-0.05, 0) is 11.1 Å². The van der Waals surface area contributed by atoms with Gasteiger partial charge in [0.15, 0.2) is 0 Å². The van der Waals surface area contributed by atoms with E-state index in [1.165, 1.54) is 11.1 Å². The van der Waals surface area contributed by atoms with Crippen molar-refractivity contribution in [3.63, 3.8) is 0 Å². The Morgan fingerprint density at radius 2 is 1.38 bits per heavy atom. The van der Waals surface area contributed by atoms with E-state index >= 15 is 0 Å². The minimum atomic E-state index is -1.16. The first-order chi connectivity index (χ1) is 11.7. The molecule has 1 fully saturated rings. The lowest BCUT2D eigenvalue weighted by atomic mass is 10.1. The van der Waals surface area contributed by atoms with Crippen molar-refractivity contribution in [2.75, 3.05) is 13.2 Å². The van der Waals surface area contributed by atoms with Crippen LogP contribution in [0, 0.1) is 0 Å². The third kappa shape index (κ3) is 4.41. The normalized spacial score (nSPS) is 20.9. The van der Waals surface area contributed by atoms with Gasteiger partial charge in [0.05, 0.1) is 19.3 Å². The van der Waals surface area contributed by atoms with Crippen molar-refractivity contribution in [1.29, 1.82) is 0 Å². The van der Waals surface area contributed by atoms with Crippen molar-refractivity contribution in [1.82, 2.24) is 4.90 Å². The fourth-order valence-corrected chi connectivity index (χ4v) is 2.80. The fourth-order valence-electron chi connectivity index (χ4n) is 2.80. The van der Waals surface area contributed by atoms with Crippen LogP contribution in [0.15, 0.2) is 60.7 Å². The molecule has 2 aromatic rings. The van der Waals surface area contributed by atoms with Crippen LogP contribution >= 0.6 is 0 Å². The zero-order valence-electron chi connectivity index (χ0n) is 13.4. The summed E-state index contributed by atoms with van der Waals surface area (Å²) in [7, 11) is 0. The van der Waals surface area contributed by atoms with Gasteiger partial charge in [0.25, 0.3) is 6.29 Å². The standard InChI is InChI=1S/C19H21NO4/c21-18(22)19-23-13-17(14-24-19)20(11-15-7-3-1-4-8-15)12-16-9-5-2-6-10-16/h1-10,17,19H,11-14H2,(H,21,22)/t17-,19-. The van der Waals surface area contributed by atoms with Crippen LogP contribution in [-0.4, -0.2) is 41.5 Å². The van der Waals surface area contributed by atoms with Crippen molar-refractivity contribution in [3.05, 3.63) is 71.8 Å². The Kier molecular flexibility index (Phi) is 5.59. The molecule has 0 saturated carbocycles. The van der Waals surface area contributed by atoms with Crippen LogP contribution in [-0.2, 0) is 27.4 Å². The highest BCUT2D eigenvalue weighted by molar-refractivity contribution is 5.70. The van der Waals surface area contributed by atoms with Gasteiger partial charge in [0.2, 0.25) is 0 Å². The Morgan fingerprint density at radius 3 is 1.79 bits per heavy atom. The van der Waals surface area contributed by atoms with Gasteiger partial charge >= 0.3 is 5.97 Å². The second kappa shape index (κ2) is 8.06. The maximum atomic E-state index is 10.9. The van der Waals surface area contributed by atoms with Crippen LogP contribution in [0.25, 0.3) is 0 Å². The van der Waals surface area contributed by atoms with Crippen molar-refractivity contribution in [3.8, 4) is 0 Å². The average Bonchev–Trinajstić information content (AvgIpc) is 2.63. The van der Waals surface area contributed by atoms with Gasteiger partial charge in [0.1, 0.15) is 0 Å². The molecule has 0 amide bonds. The molecule has 0 aromatic heterocycles. The third-order valence-electron chi connectivity index (χ3n) is 4.05. The molecule has 24 heavy (non-hydrogen) atoms. The van der Waals surface area contributed by atoms with Crippen molar-refractivity contribution < 1.29 is 19.4 Å². The molecule has 0 atom stereocenters. The molecule has 0 unspecified atom stereocenters. The summed E-state index contributed by atoms with van der Waals surface area (Å²) < 4.78 is 10.7. The minimum Gasteiger partial charge on any atom is -0.477 e. The van der Waals surface area contributed by atoms with E-state index in [0.29, 0.717) is 13.2 Å². The molecule has 1 saturated heterocycles. The molecule has 0 bridgehead atoms. The third-order valence-corrected chi connectivity index (χ3v) is 4.05. The summed E-state index contributed by atoms with van der Waals surface area (Å²) in [6.45, 7) is 2.20. The van der Waals surface area contributed by atoms with E-state index in [0.717, 1.165) is 13.1 Å². The fraction of sp³-hybridized carbons (Fsp3) is 0.316. The zero-order chi connectivity index (χ0) is 16.8. The van der Waals surface area contributed by atoms with E-state index in [2.05, 4.69) is 29.2 Å². The van der Waals surface area contributed by atoms with Gasteiger partial charge < -0.3 is 14.6 Å². The molecule has 1 N–H and O–H groups in total. The van der Waals surface area contributed by atoms with E-state index < -0.39 is 12.3 Å². The van der Waals surface area contributed by atoms with E-state index in [-0.39, 0.29) is 6.04 Å². The smallest absolute Gasteiger partial charge is 0.361 e. The number of hydrogen-bond acceptors (Lipinski definition) is 4. The molecule has 0 aliphatic carbocycles. The van der Waals surface area contributed by atoms with E-state index in [4.69, 9.17) is 14.6 Å². The number of nitrogens with zero attached hydrogens (tertiary/aromatic N) is 1. The lowest BCUT2D eigenvalue weighted by Gasteiger charge is -2.36. The number of carboxylic acids is 1. The van der Waals surface area contributed by atoms with Crippen LogP contribution in [0.5, 0.6) is 0 Å². The van der Waals surface area contributed by atoms with Gasteiger partial charge in [-0.3, -0.25) is 4.90 Å². The lowest BCUT2D eigenvalue weighted by molar-refractivity contribution is -0.220. The predicted octanol–water partition coefficient (Wildman–Crippen LogP) is 2.51. The quantitative estimate of drug-likeness (QED) is 0.883. The monoisotopic (exact) mass is 327 g/mol. The molecule has 1 heterocycles. The number of aliphatic carboxylic acids is 1. The van der Waals surface area contributed by atoms with E-state index in [1.54, 1.807) is 0 Å². The Morgan fingerprint density at radius 1 is 0.917 bits per heavy atom. The van der Waals surface area contributed by atoms with Crippen LogP contribution in [0.3, 0.4) is 0 Å². The van der Waals surface area contributed by atoms with Gasteiger partial charge in [-0.25, -0.2) is 4.79 Å². The second-order valence-corrected chi connectivity index (χ2v) is 5.87. The molecular formula is C19H21NO4. The summed E-state index contributed by atoms with van der Waals surface area (Å²) in [4.78, 5) is 13.2. The molecule has 3 rings (SSSR count). The van der Waals surface area contributed by atoms with Crippen molar-refractivity contribution >= 4 is 5.97 Å². The number of benzene rings is 2. The van der Waals surface area contributed by atoms with Crippen LogP contribution < -0.4 is 0 Å². The summed E-state index contributed by atoms with van der Waals surface area (Å²) in [6, 6.07) is 20.4. The molecule has 1 aliphatic heterocycles. The number of rotatable bonds is 6. The van der Waals surface area contributed by atoms with Gasteiger partial charge in [-0.15, -0.1) is 0 Å². The van der Waals surface area contributed by atoms with Crippen molar-refractivity contribution in [2.24, 2.45) is 0 Å². The summed E-state index contributed by atoms with van der Waals surface area (Å²) in [5.41, 5.74) is 2.41. The Hall–Kier alpha value is -2.21. The Balaban J connectivity index is 1.71. The molecule has 2 aromatic carbocycles. The number of hydrogen-bond donors (Lipinski definition) is 1. The second-order valence-electron chi connectivity index (χ2n) is 5.87. The summed E-state index contributed by atoms with van der Waals surface area (Å²) in [6.07, 6.45) is -1.16. The van der Waals surface area contributed by atoms with Crippen LogP contribution in [0.4, 0.5) is 0 Å². The average molecular weight is 327 g/mol. The van der Waals surface area contributed by atoms with Gasteiger partial charge in [0, 0.05) is 13.1 Å². The molecule has 0 radical (unpaired) electrons. The predicted molar refractivity (Wildman–Crippen MR) is 89.2 cm³/mol. The van der Waals surface area contributed by atoms with E-state index in [1.807, 2.05) is 36.4 Å². The lowest BCUT2D eigenvalue weighted by Crippen LogP contribution is -2.48. The number of carbonyl (C=O) groups is 1. The topological polar surface area (TPSA) is 59.0 Å². The minimum absolute atomic E-state index is 0.0148. The maximum Gasteiger partial charge on any atom is 0.361 e. The zero-order valence-corrected chi connectivity index (χ0v) is 13.4. The van der Waals surface area contributed by atoms with Crippen LogP contribution in [0.1, 0.15) is 11.1 Å². The van der Waals surface area contributed by atoms with E-state index in [9.17, 15) is 4.79 Å². The van der Waals surface area contributed by atoms with Crippen molar-refractivity contribution in [2.45, 2.75) is 25.4 Å². The first kappa shape index (κ1) is 16.6. The largest absolute Gasteiger partial charge is 0.477 e. The number of carboxylic acid groups (broad SMARTS) is 1.